The average molecular weight is 343 g/mol. The van der Waals surface area contributed by atoms with Gasteiger partial charge in [-0.25, -0.2) is 4.98 Å². The summed E-state index contributed by atoms with van der Waals surface area (Å²) in [6.45, 7) is 4.63. The lowest BCUT2D eigenvalue weighted by Crippen LogP contribution is -2.41. The van der Waals surface area contributed by atoms with Crippen molar-refractivity contribution in [2.45, 2.75) is 38.1 Å². The SMILES string of the molecule is C[C@@H]1C[C@@H](N2CCCN(c3ccc(C(F)(F)F)cn3)CC2)C(=O)O1. The molecule has 0 amide bonds. The normalized spacial score (nSPS) is 26.3. The highest BCUT2D eigenvalue weighted by Crippen LogP contribution is 2.29. The van der Waals surface area contributed by atoms with E-state index >= 15 is 0 Å². The van der Waals surface area contributed by atoms with E-state index in [1.54, 1.807) is 0 Å². The summed E-state index contributed by atoms with van der Waals surface area (Å²) in [5.41, 5.74) is -0.745. The molecule has 2 saturated heterocycles. The Morgan fingerprint density at radius 3 is 2.58 bits per heavy atom. The first kappa shape index (κ1) is 17.0. The van der Waals surface area contributed by atoms with Crippen molar-refractivity contribution in [1.82, 2.24) is 9.88 Å². The Kier molecular flexibility index (Phi) is 4.67. The maximum Gasteiger partial charge on any atom is 0.417 e. The molecule has 0 aliphatic carbocycles. The van der Waals surface area contributed by atoms with E-state index in [9.17, 15) is 18.0 Å². The molecule has 8 heteroatoms. The number of halogens is 3. The molecule has 0 unspecified atom stereocenters. The number of alkyl halides is 3. The number of hydrogen-bond acceptors (Lipinski definition) is 5. The fourth-order valence-corrected chi connectivity index (χ4v) is 3.25. The van der Waals surface area contributed by atoms with Crippen molar-refractivity contribution in [2.75, 3.05) is 31.1 Å². The molecule has 3 heterocycles. The van der Waals surface area contributed by atoms with Crippen molar-refractivity contribution in [1.29, 1.82) is 0 Å². The van der Waals surface area contributed by atoms with Gasteiger partial charge in [-0.05, 0) is 25.5 Å². The Morgan fingerprint density at radius 2 is 2.00 bits per heavy atom. The molecule has 24 heavy (non-hydrogen) atoms. The predicted octanol–water partition coefficient (Wildman–Crippen LogP) is 2.32. The molecule has 1 aromatic heterocycles. The number of carbonyl (C=O) groups is 1. The Morgan fingerprint density at radius 1 is 1.21 bits per heavy atom. The number of nitrogens with zero attached hydrogens (tertiary/aromatic N) is 3. The van der Waals surface area contributed by atoms with Gasteiger partial charge in [-0.15, -0.1) is 0 Å². The van der Waals surface area contributed by atoms with E-state index in [1.165, 1.54) is 6.07 Å². The molecule has 3 rings (SSSR count). The molecule has 0 N–H and O–H groups in total. The third-order valence-electron chi connectivity index (χ3n) is 4.52. The van der Waals surface area contributed by atoms with Gasteiger partial charge in [0.25, 0.3) is 0 Å². The number of aromatic nitrogens is 1. The predicted molar refractivity (Wildman–Crippen MR) is 81.6 cm³/mol. The highest BCUT2D eigenvalue weighted by atomic mass is 19.4. The van der Waals surface area contributed by atoms with Crippen LogP contribution in [0, 0.1) is 0 Å². The number of hydrogen-bond donors (Lipinski definition) is 0. The van der Waals surface area contributed by atoms with Crippen molar-refractivity contribution in [3.8, 4) is 0 Å². The fourth-order valence-electron chi connectivity index (χ4n) is 3.25. The van der Waals surface area contributed by atoms with Crippen LogP contribution < -0.4 is 4.90 Å². The smallest absolute Gasteiger partial charge is 0.417 e. The largest absolute Gasteiger partial charge is 0.461 e. The van der Waals surface area contributed by atoms with Crippen LogP contribution in [-0.2, 0) is 15.7 Å². The number of carbonyl (C=O) groups excluding carboxylic acids is 1. The van der Waals surface area contributed by atoms with E-state index in [2.05, 4.69) is 9.88 Å². The first-order valence-corrected chi connectivity index (χ1v) is 8.07. The number of esters is 1. The second-order valence-corrected chi connectivity index (χ2v) is 6.28. The lowest BCUT2D eigenvalue weighted by atomic mass is 10.1. The molecule has 5 nitrogen and oxygen atoms in total. The quantitative estimate of drug-likeness (QED) is 0.771. The van der Waals surface area contributed by atoms with Crippen LogP contribution in [0.5, 0.6) is 0 Å². The molecule has 2 atom stereocenters. The number of ether oxygens (including phenoxy) is 1. The summed E-state index contributed by atoms with van der Waals surface area (Å²) < 4.78 is 43.1. The molecule has 0 bridgehead atoms. The summed E-state index contributed by atoms with van der Waals surface area (Å²) in [7, 11) is 0. The Labute approximate surface area is 138 Å². The van der Waals surface area contributed by atoms with Crippen LogP contribution in [0.25, 0.3) is 0 Å². The highest BCUT2D eigenvalue weighted by molar-refractivity contribution is 5.78. The van der Waals surface area contributed by atoms with Gasteiger partial charge in [-0.2, -0.15) is 13.2 Å². The third-order valence-corrected chi connectivity index (χ3v) is 4.52. The zero-order valence-electron chi connectivity index (χ0n) is 13.4. The van der Waals surface area contributed by atoms with Gasteiger partial charge >= 0.3 is 12.1 Å². The molecule has 2 aliphatic rings. The molecular formula is C16H20F3N3O2. The van der Waals surface area contributed by atoms with E-state index in [0.29, 0.717) is 31.9 Å². The van der Waals surface area contributed by atoms with Crippen LogP contribution in [0.15, 0.2) is 18.3 Å². The van der Waals surface area contributed by atoms with Gasteiger partial charge in [-0.3, -0.25) is 9.69 Å². The van der Waals surface area contributed by atoms with Gasteiger partial charge in [0.1, 0.15) is 18.0 Å². The number of anilines is 1. The summed E-state index contributed by atoms with van der Waals surface area (Å²) in [5.74, 6) is 0.357. The van der Waals surface area contributed by atoms with E-state index in [1.807, 2.05) is 11.8 Å². The van der Waals surface area contributed by atoms with E-state index in [0.717, 1.165) is 25.2 Å². The maximum absolute atomic E-state index is 12.6. The molecule has 132 valence electrons. The summed E-state index contributed by atoms with van der Waals surface area (Å²) in [6, 6.07) is 2.26. The van der Waals surface area contributed by atoms with E-state index in [-0.39, 0.29) is 18.1 Å². The standard InChI is InChI=1S/C16H20F3N3O2/c1-11-9-13(15(23)24-11)21-5-2-6-22(8-7-21)14-4-3-12(10-20-14)16(17,18)19/h3-4,10-11,13H,2,5-9H2,1H3/t11-,13-/m1/s1. The highest BCUT2D eigenvalue weighted by Gasteiger charge is 2.37. The molecule has 0 spiro atoms. The van der Waals surface area contributed by atoms with Crippen molar-refractivity contribution >= 4 is 11.8 Å². The minimum atomic E-state index is -4.37. The zero-order valence-corrected chi connectivity index (χ0v) is 13.4. The molecule has 0 aromatic carbocycles. The minimum Gasteiger partial charge on any atom is -0.461 e. The first-order valence-electron chi connectivity index (χ1n) is 8.07. The number of pyridine rings is 1. The first-order chi connectivity index (χ1) is 11.3. The van der Waals surface area contributed by atoms with Crippen molar-refractivity contribution in [2.24, 2.45) is 0 Å². The Hall–Kier alpha value is -1.83. The number of rotatable bonds is 2. The Balaban J connectivity index is 1.64. The topological polar surface area (TPSA) is 45.7 Å². The number of cyclic esters (lactones) is 1. The average Bonchev–Trinajstić information content (AvgIpc) is 2.74. The van der Waals surface area contributed by atoms with Gasteiger partial charge in [-0.1, -0.05) is 0 Å². The Bertz CT molecular complexity index is 591. The van der Waals surface area contributed by atoms with Gasteiger partial charge < -0.3 is 9.64 Å². The van der Waals surface area contributed by atoms with Crippen LogP contribution >= 0.6 is 0 Å². The monoisotopic (exact) mass is 343 g/mol. The van der Waals surface area contributed by atoms with Gasteiger partial charge in [0.05, 0.1) is 5.56 Å². The summed E-state index contributed by atoms with van der Waals surface area (Å²) in [5, 5.41) is 0. The summed E-state index contributed by atoms with van der Waals surface area (Å²) in [6.07, 6.45) is -2.05. The molecular weight excluding hydrogens is 323 g/mol. The summed E-state index contributed by atoms with van der Waals surface area (Å²) >= 11 is 0. The maximum atomic E-state index is 12.6. The second-order valence-electron chi connectivity index (χ2n) is 6.28. The molecule has 2 aliphatic heterocycles. The second kappa shape index (κ2) is 6.58. The van der Waals surface area contributed by atoms with Gasteiger partial charge in [0.15, 0.2) is 0 Å². The van der Waals surface area contributed by atoms with Gasteiger partial charge in [0, 0.05) is 38.8 Å². The van der Waals surface area contributed by atoms with Crippen LogP contribution in [0.2, 0.25) is 0 Å². The molecule has 1 aromatic rings. The fraction of sp³-hybridized carbons (Fsp3) is 0.625. The molecule has 0 saturated carbocycles. The van der Waals surface area contributed by atoms with Crippen LogP contribution in [0.4, 0.5) is 19.0 Å². The lowest BCUT2D eigenvalue weighted by molar-refractivity contribution is -0.144. The van der Waals surface area contributed by atoms with Crippen molar-refractivity contribution in [3.63, 3.8) is 0 Å². The van der Waals surface area contributed by atoms with E-state index < -0.39 is 11.7 Å². The summed E-state index contributed by atoms with van der Waals surface area (Å²) in [4.78, 5) is 19.9. The molecule has 0 radical (unpaired) electrons. The van der Waals surface area contributed by atoms with Crippen molar-refractivity contribution in [3.05, 3.63) is 23.9 Å². The van der Waals surface area contributed by atoms with Crippen LogP contribution in [0.1, 0.15) is 25.3 Å². The minimum absolute atomic E-state index is 0.0570. The third kappa shape index (κ3) is 3.63. The van der Waals surface area contributed by atoms with Crippen molar-refractivity contribution < 1.29 is 22.7 Å². The van der Waals surface area contributed by atoms with E-state index in [4.69, 9.17) is 4.74 Å². The van der Waals surface area contributed by atoms with Crippen LogP contribution in [0.3, 0.4) is 0 Å². The molecule has 2 fully saturated rings. The van der Waals surface area contributed by atoms with Gasteiger partial charge in [0.2, 0.25) is 0 Å². The zero-order chi connectivity index (χ0) is 17.3. The lowest BCUT2D eigenvalue weighted by Gasteiger charge is -2.25. The van der Waals surface area contributed by atoms with Crippen LogP contribution in [-0.4, -0.2) is 54.2 Å².